The van der Waals surface area contributed by atoms with Crippen molar-refractivity contribution in [2.45, 2.75) is 33.3 Å². The molecule has 0 fully saturated rings. The normalized spacial score (nSPS) is 10.4. The van der Waals surface area contributed by atoms with Crippen molar-refractivity contribution in [3.05, 3.63) is 48.2 Å². The van der Waals surface area contributed by atoms with Gasteiger partial charge in [-0.1, -0.05) is 6.92 Å². The van der Waals surface area contributed by atoms with Gasteiger partial charge in [0.15, 0.2) is 0 Å². The summed E-state index contributed by atoms with van der Waals surface area (Å²) >= 11 is 0. The molecule has 1 amide bonds. The molecule has 1 aromatic carbocycles. The molecule has 23 heavy (non-hydrogen) atoms. The third-order valence-electron chi connectivity index (χ3n) is 3.06. The molecule has 0 aliphatic heterocycles. The van der Waals surface area contributed by atoms with Crippen LogP contribution in [-0.2, 0) is 0 Å². The summed E-state index contributed by atoms with van der Waals surface area (Å²) in [5.41, 5.74) is 1.30. The monoisotopic (exact) mass is 313 g/mol. The highest BCUT2D eigenvalue weighted by atomic mass is 16.5. The van der Waals surface area contributed by atoms with E-state index in [4.69, 9.17) is 4.74 Å². The first-order valence-electron chi connectivity index (χ1n) is 7.86. The maximum Gasteiger partial charge on any atom is 0.255 e. The number of carbonyl (C=O) groups excluding carboxylic acids is 1. The molecule has 0 spiro atoms. The van der Waals surface area contributed by atoms with Crippen LogP contribution in [-0.4, -0.2) is 23.5 Å². The van der Waals surface area contributed by atoms with Crippen LogP contribution in [0.2, 0.25) is 0 Å². The number of rotatable bonds is 7. The Bertz CT molecular complexity index is 639. The molecule has 2 rings (SSSR count). The van der Waals surface area contributed by atoms with Crippen molar-refractivity contribution >= 4 is 17.4 Å². The zero-order valence-electron chi connectivity index (χ0n) is 13.8. The van der Waals surface area contributed by atoms with Crippen molar-refractivity contribution in [3.8, 4) is 5.75 Å². The van der Waals surface area contributed by atoms with Crippen LogP contribution in [0.25, 0.3) is 0 Å². The molecule has 122 valence electrons. The minimum Gasteiger partial charge on any atom is -0.491 e. The van der Waals surface area contributed by atoms with Crippen molar-refractivity contribution in [3.63, 3.8) is 0 Å². The molecule has 0 bridgehead atoms. The molecule has 0 saturated heterocycles. The predicted molar refractivity (Wildman–Crippen MR) is 93.2 cm³/mol. The average Bonchev–Trinajstić information content (AvgIpc) is 2.54. The molecule has 1 aromatic heterocycles. The van der Waals surface area contributed by atoms with E-state index in [2.05, 4.69) is 22.5 Å². The van der Waals surface area contributed by atoms with E-state index >= 15 is 0 Å². The summed E-state index contributed by atoms with van der Waals surface area (Å²) in [5.74, 6) is 1.33. The van der Waals surface area contributed by atoms with Crippen LogP contribution >= 0.6 is 0 Å². The maximum atomic E-state index is 12.3. The van der Waals surface area contributed by atoms with Gasteiger partial charge >= 0.3 is 0 Å². The highest BCUT2D eigenvalue weighted by Gasteiger charge is 2.08. The highest BCUT2D eigenvalue weighted by molar-refractivity contribution is 6.04. The lowest BCUT2D eigenvalue weighted by atomic mass is 10.2. The van der Waals surface area contributed by atoms with Gasteiger partial charge in [0, 0.05) is 24.0 Å². The minimum atomic E-state index is -0.163. The van der Waals surface area contributed by atoms with Crippen LogP contribution in [0.3, 0.4) is 0 Å². The number of hydrogen-bond donors (Lipinski definition) is 2. The Hall–Kier alpha value is -2.56. The van der Waals surface area contributed by atoms with Crippen LogP contribution in [0.1, 0.15) is 37.6 Å². The van der Waals surface area contributed by atoms with E-state index in [1.807, 2.05) is 38.1 Å². The van der Waals surface area contributed by atoms with Gasteiger partial charge in [-0.05, 0) is 56.7 Å². The second kappa shape index (κ2) is 8.17. The van der Waals surface area contributed by atoms with E-state index in [9.17, 15) is 4.79 Å². The Morgan fingerprint density at radius 2 is 1.96 bits per heavy atom. The molecule has 0 aliphatic rings. The van der Waals surface area contributed by atoms with E-state index in [1.165, 1.54) is 0 Å². The molecule has 1 heterocycles. The van der Waals surface area contributed by atoms with E-state index < -0.39 is 0 Å². The van der Waals surface area contributed by atoms with Gasteiger partial charge in [-0.15, -0.1) is 0 Å². The van der Waals surface area contributed by atoms with Gasteiger partial charge in [0.25, 0.3) is 5.91 Å². The van der Waals surface area contributed by atoms with Gasteiger partial charge in [-0.2, -0.15) is 0 Å². The molecule has 0 saturated carbocycles. The zero-order valence-corrected chi connectivity index (χ0v) is 13.8. The van der Waals surface area contributed by atoms with Gasteiger partial charge in [0.2, 0.25) is 0 Å². The minimum absolute atomic E-state index is 0.126. The number of nitrogens with zero attached hydrogens (tertiary/aromatic N) is 1. The number of benzene rings is 1. The predicted octanol–water partition coefficient (Wildman–Crippen LogP) is 3.94. The second-order valence-corrected chi connectivity index (χ2v) is 5.50. The quantitative estimate of drug-likeness (QED) is 0.812. The molecule has 0 aliphatic carbocycles. The average molecular weight is 313 g/mol. The lowest BCUT2D eigenvalue weighted by Gasteiger charge is -2.11. The molecular formula is C18H23N3O2. The Morgan fingerprint density at radius 3 is 2.61 bits per heavy atom. The topological polar surface area (TPSA) is 63.2 Å². The van der Waals surface area contributed by atoms with Crippen molar-refractivity contribution in [2.24, 2.45) is 0 Å². The van der Waals surface area contributed by atoms with Gasteiger partial charge in [-0.25, -0.2) is 4.98 Å². The number of amides is 1. The smallest absolute Gasteiger partial charge is 0.255 e. The number of pyridine rings is 1. The first-order chi connectivity index (χ1) is 11.1. The Morgan fingerprint density at radius 1 is 1.22 bits per heavy atom. The Kier molecular flexibility index (Phi) is 5.97. The Labute approximate surface area is 137 Å². The largest absolute Gasteiger partial charge is 0.491 e. The molecule has 0 atom stereocenters. The van der Waals surface area contributed by atoms with Crippen molar-refractivity contribution in [1.29, 1.82) is 0 Å². The van der Waals surface area contributed by atoms with Gasteiger partial charge < -0.3 is 15.4 Å². The number of hydrogen-bond acceptors (Lipinski definition) is 4. The number of nitrogens with one attached hydrogen (secondary N) is 2. The van der Waals surface area contributed by atoms with Crippen LogP contribution in [0, 0.1) is 0 Å². The molecule has 0 unspecified atom stereocenters. The van der Waals surface area contributed by atoms with Gasteiger partial charge in [-0.3, -0.25) is 4.79 Å². The van der Waals surface area contributed by atoms with E-state index in [1.54, 1.807) is 18.3 Å². The number of carbonyl (C=O) groups is 1. The Balaban J connectivity index is 2.01. The van der Waals surface area contributed by atoms with Crippen LogP contribution < -0.4 is 15.4 Å². The first-order valence-corrected chi connectivity index (χ1v) is 7.86. The first kappa shape index (κ1) is 16.8. The molecule has 5 nitrogen and oxygen atoms in total. The van der Waals surface area contributed by atoms with Gasteiger partial charge in [0.1, 0.15) is 11.6 Å². The van der Waals surface area contributed by atoms with E-state index in [-0.39, 0.29) is 12.0 Å². The second-order valence-electron chi connectivity index (χ2n) is 5.50. The van der Waals surface area contributed by atoms with Crippen LogP contribution in [0.4, 0.5) is 11.5 Å². The lowest BCUT2D eigenvalue weighted by molar-refractivity contribution is 0.102. The fourth-order valence-corrected chi connectivity index (χ4v) is 2.01. The fourth-order valence-electron chi connectivity index (χ4n) is 2.01. The molecular weight excluding hydrogens is 290 g/mol. The molecule has 2 N–H and O–H groups in total. The summed E-state index contributed by atoms with van der Waals surface area (Å²) in [6.07, 6.45) is 2.76. The maximum absolute atomic E-state index is 12.3. The SMILES string of the molecule is CCCNc1cc(C(=O)Nc2ccc(OC(C)C)cc2)ccn1. The van der Waals surface area contributed by atoms with Crippen molar-refractivity contribution in [1.82, 2.24) is 4.98 Å². The van der Waals surface area contributed by atoms with Crippen molar-refractivity contribution < 1.29 is 9.53 Å². The summed E-state index contributed by atoms with van der Waals surface area (Å²) in [6, 6.07) is 10.8. The number of ether oxygens (including phenoxy) is 1. The third-order valence-corrected chi connectivity index (χ3v) is 3.06. The highest BCUT2D eigenvalue weighted by Crippen LogP contribution is 2.18. The summed E-state index contributed by atoms with van der Waals surface area (Å²) in [4.78, 5) is 16.5. The zero-order chi connectivity index (χ0) is 16.7. The number of anilines is 2. The molecule has 0 radical (unpaired) electrons. The fraction of sp³-hybridized carbons (Fsp3) is 0.333. The summed E-state index contributed by atoms with van der Waals surface area (Å²) < 4.78 is 5.58. The van der Waals surface area contributed by atoms with E-state index in [0.29, 0.717) is 11.4 Å². The third kappa shape index (κ3) is 5.29. The van der Waals surface area contributed by atoms with Crippen molar-refractivity contribution in [2.75, 3.05) is 17.2 Å². The summed E-state index contributed by atoms with van der Waals surface area (Å²) in [7, 11) is 0. The summed E-state index contributed by atoms with van der Waals surface area (Å²) in [6.45, 7) is 6.86. The standard InChI is InChI=1S/C18H23N3O2/c1-4-10-19-17-12-14(9-11-20-17)18(22)21-15-5-7-16(8-6-15)23-13(2)3/h5-9,11-13H,4,10H2,1-3H3,(H,19,20)(H,21,22). The van der Waals surface area contributed by atoms with Crippen LogP contribution in [0.15, 0.2) is 42.6 Å². The number of aromatic nitrogens is 1. The van der Waals surface area contributed by atoms with Crippen LogP contribution in [0.5, 0.6) is 5.75 Å². The molecule has 5 heteroatoms. The lowest BCUT2D eigenvalue weighted by Crippen LogP contribution is -2.13. The van der Waals surface area contributed by atoms with Gasteiger partial charge in [0.05, 0.1) is 6.10 Å². The molecule has 2 aromatic rings. The summed E-state index contributed by atoms with van der Waals surface area (Å²) in [5, 5.41) is 6.04. The van der Waals surface area contributed by atoms with E-state index in [0.717, 1.165) is 24.4 Å².